The second-order valence-corrected chi connectivity index (χ2v) is 3.19. The fourth-order valence-electron chi connectivity index (χ4n) is 1.18. The fraction of sp³-hybridized carbons (Fsp3) is 0.400. The zero-order chi connectivity index (χ0) is 9.84. The standard InChI is InChI=1S/C10H16N2O/c1-7-3-4-8(5-9(7)11)10(13)6-12-2/h3-5,10,12-13H,6,11H2,1-2H3. The molecule has 0 spiro atoms. The van der Waals surface area contributed by atoms with Crippen LogP contribution in [0.1, 0.15) is 17.2 Å². The van der Waals surface area contributed by atoms with Crippen molar-refractivity contribution in [1.82, 2.24) is 5.32 Å². The zero-order valence-electron chi connectivity index (χ0n) is 8.04. The first-order chi connectivity index (χ1) is 6.15. The number of hydrogen-bond donors (Lipinski definition) is 3. The van der Waals surface area contributed by atoms with Crippen molar-refractivity contribution in [3.8, 4) is 0 Å². The molecule has 4 N–H and O–H groups in total. The molecule has 0 saturated heterocycles. The minimum absolute atomic E-state index is 0.479. The number of likely N-dealkylation sites (N-methyl/N-ethyl adjacent to an activating group) is 1. The van der Waals surface area contributed by atoms with Crippen LogP contribution in [0, 0.1) is 6.92 Å². The Morgan fingerprint density at radius 1 is 1.54 bits per heavy atom. The summed E-state index contributed by atoms with van der Waals surface area (Å²) >= 11 is 0. The Morgan fingerprint density at radius 3 is 2.77 bits per heavy atom. The van der Waals surface area contributed by atoms with Crippen LogP contribution in [0.2, 0.25) is 0 Å². The number of anilines is 1. The summed E-state index contributed by atoms with van der Waals surface area (Å²) in [6, 6.07) is 5.63. The van der Waals surface area contributed by atoms with Crippen molar-refractivity contribution in [2.45, 2.75) is 13.0 Å². The Morgan fingerprint density at radius 2 is 2.23 bits per heavy atom. The largest absolute Gasteiger partial charge is 0.399 e. The van der Waals surface area contributed by atoms with E-state index in [4.69, 9.17) is 5.73 Å². The van der Waals surface area contributed by atoms with Gasteiger partial charge in [-0.05, 0) is 31.2 Å². The number of nitrogens with two attached hydrogens (primary N) is 1. The number of aliphatic hydroxyl groups is 1. The highest BCUT2D eigenvalue weighted by Gasteiger charge is 2.06. The summed E-state index contributed by atoms with van der Waals surface area (Å²) in [4.78, 5) is 0. The van der Waals surface area contributed by atoms with Crippen molar-refractivity contribution < 1.29 is 5.11 Å². The summed E-state index contributed by atoms with van der Waals surface area (Å²) < 4.78 is 0. The Balaban J connectivity index is 2.84. The van der Waals surface area contributed by atoms with E-state index in [9.17, 15) is 5.11 Å². The lowest BCUT2D eigenvalue weighted by atomic mass is 10.1. The smallest absolute Gasteiger partial charge is 0.0915 e. The monoisotopic (exact) mass is 180 g/mol. The molecule has 0 radical (unpaired) electrons. The molecule has 0 aliphatic carbocycles. The minimum atomic E-state index is -0.479. The molecule has 1 unspecified atom stereocenters. The van der Waals surface area contributed by atoms with Crippen LogP contribution in [0.3, 0.4) is 0 Å². The summed E-state index contributed by atoms with van der Waals surface area (Å²) in [5.74, 6) is 0. The molecule has 13 heavy (non-hydrogen) atoms. The average molecular weight is 180 g/mol. The molecule has 1 atom stereocenters. The van der Waals surface area contributed by atoms with Gasteiger partial charge in [0.2, 0.25) is 0 Å². The van der Waals surface area contributed by atoms with Crippen LogP contribution in [-0.4, -0.2) is 18.7 Å². The van der Waals surface area contributed by atoms with Crippen LogP contribution in [-0.2, 0) is 0 Å². The van der Waals surface area contributed by atoms with Gasteiger partial charge in [-0.2, -0.15) is 0 Å². The summed E-state index contributed by atoms with van der Waals surface area (Å²) in [5.41, 5.74) is 8.35. The van der Waals surface area contributed by atoms with Crippen molar-refractivity contribution in [3.63, 3.8) is 0 Å². The van der Waals surface area contributed by atoms with Gasteiger partial charge in [-0.3, -0.25) is 0 Å². The molecule has 0 fully saturated rings. The molecule has 0 heterocycles. The molecule has 0 bridgehead atoms. The molecule has 0 aliphatic rings. The molecule has 0 aromatic heterocycles. The maximum absolute atomic E-state index is 9.62. The van der Waals surface area contributed by atoms with Gasteiger partial charge in [-0.25, -0.2) is 0 Å². The molecule has 3 heteroatoms. The molecule has 0 amide bonds. The van der Waals surface area contributed by atoms with E-state index in [1.165, 1.54) is 0 Å². The third kappa shape index (κ3) is 2.44. The van der Waals surface area contributed by atoms with Crippen molar-refractivity contribution in [3.05, 3.63) is 29.3 Å². The first kappa shape index (κ1) is 10.0. The Hall–Kier alpha value is -1.06. The quantitative estimate of drug-likeness (QED) is 0.604. The number of hydrogen-bond acceptors (Lipinski definition) is 3. The third-order valence-electron chi connectivity index (χ3n) is 2.09. The molecule has 0 aliphatic heterocycles. The van der Waals surface area contributed by atoms with E-state index in [1.54, 1.807) is 7.05 Å². The average Bonchev–Trinajstić information content (AvgIpc) is 2.10. The predicted octanol–water partition coefficient (Wildman–Crippen LogP) is 0.830. The van der Waals surface area contributed by atoms with Crippen LogP contribution in [0.5, 0.6) is 0 Å². The molecular formula is C10H16N2O. The van der Waals surface area contributed by atoms with Crippen LogP contribution in [0.4, 0.5) is 5.69 Å². The first-order valence-electron chi connectivity index (χ1n) is 4.34. The summed E-state index contributed by atoms with van der Waals surface area (Å²) in [6.07, 6.45) is -0.479. The number of aryl methyl sites for hydroxylation is 1. The van der Waals surface area contributed by atoms with Crippen molar-refractivity contribution in [2.24, 2.45) is 0 Å². The van der Waals surface area contributed by atoms with E-state index in [0.29, 0.717) is 6.54 Å². The molecule has 1 rings (SSSR count). The highest BCUT2D eigenvalue weighted by Crippen LogP contribution is 2.18. The van der Waals surface area contributed by atoms with E-state index >= 15 is 0 Å². The zero-order valence-corrected chi connectivity index (χ0v) is 8.04. The normalized spacial score (nSPS) is 12.8. The van der Waals surface area contributed by atoms with Gasteiger partial charge in [-0.1, -0.05) is 12.1 Å². The number of rotatable bonds is 3. The Bertz CT molecular complexity index is 286. The number of nitrogen functional groups attached to an aromatic ring is 1. The van der Waals surface area contributed by atoms with Gasteiger partial charge in [0.05, 0.1) is 6.10 Å². The second kappa shape index (κ2) is 4.25. The number of nitrogens with one attached hydrogen (secondary N) is 1. The minimum Gasteiger partial charge on any atom is -0.399 e. The van der Waals surface area contributed by atoms with Crippen LogP contribution < -0.4 is 11.1 Å². The van der Waals surface area contributed by atoms with Gasteiger partial charge in [0.25, 0.3) is 0 Å². The van der Waals surface area contributed by atoms with E-state index < -0.39 is 6.10 Å². The lowest BCUT2D eigenvalue weighted by Gasteiger charge is -2.11. The van der Waals surface area contributed by atoms with Crippen molar-refractivity contribution >= 4 is 5.69 Å². The number of aliphatic hydroxyl groups excluding tert-OH is 1. The lowest BCUT2D eigenvalue weighted by Crippen LogP contribution is -2.16. The van der Waals surface area contributed by atoms with E-state index in [0.717, 1.165) is 16.8 Å². The van der Waals surface area contributed by atoms with Crippen LogP contribution in [0.25, 0.3) is 0 Å². The topological polar surface area (TPSA) is 58.3 Å². The predicted molar refractivity (Wildman–Crippen MR) is 54.5 cm³/mol. The van der Waals surface area contributed by atoms with Gasteiger partial charge in [0, 0.05) is 12.2 Å². The van der Waals surface area contributed by atoms with Crippen molar-refractivity contribution in [1.29, 1.82) is 0 Å². The fourth-order valence-corrected chi connectivity index (χ4v) is 1.18. The summed E-state index contributed by atoms with van der Waals surface area (Å²) in [6.45, 7) is 2.49. The molecular weight excluding hydrogens is 164 g/mol. The van der Waals surface area contributed by atoms with Gasteiger partial charge < -0.3 is 16.2 Å². The molecule has 1 aromatic rings. The highest BCUT2D eigenvalue weighted by atomic mass is 16.3. The number of benzene rings is 1. The maximum atomic E-state index is 9.62. The molecule has 72 valence electrons. The van der Waals surface area contributed by atoms with Crippen LogP contribution >= 0.6 is 0 Å². The van der Waals surface area contributed by atoms with Gasteiger partial charge >= 0.3 is 0 Å². The summed E-state index contributed by atoms with van der Waals surface area (Å²) in [7, 11) is 1.81. The van der Waals surface area contributed by atoms with Gasteiger partial charge in [0.15, 0.2) is 0 Å². The second-order valence-electron chi connectivity index (χ2n) is 3.19. The third-order valence-corrected chi connectivity index (χ3v) is 2.09. The van der Waals surface area contributed by atoms with Gasteiger partial charge in [0.1, 0.15) is 0 Å². The SMILES string of the molecule is CNCC(O)c1ccc(C)c(N)c1. The highest BCUT2D eigenvalue weighted by molar-refractivity contribution is 5.48. The summed E-state index contributed by atoms with van der Waals surface area (Å²) in [5, 5.41) is 12.5. The Labute approximate surface area is 78.6 Å². The first-order valence-corrected chi connectivity index (χ1v) is 4.34. The van der Waals surface area contributed by atoms with Crippen molar-refractivity contribution in [2.75, 3.05) is 19.3 Å². The van der Waals surface area contributed by atoms with E-state index in [-0.39, 0.29) is 0 Å². The van der Waals surface area contributed by atoms with Gasteiger partial charge in [-0.15, -0.1) is 0 Å². The molecule has 0 saturated carbocycles. The molecule has 1 aromatic carbocycles. The Kier molecular flexibility index (Phi) is 3.28. The van der Waals surface area contributed by atoms with E-state index in [1.807, 2.05) is 25.1 Å². The lowest BCUT2D eigenvalue weighted by molar-refractivity contribution is 0.178. The van der Waals surface area contributed by atoms with Crippen LogP contribution in [0.15, 0.2) is 18.2 Å². The molecule has 3 nitrogen and oxygen atoms in total. The van der Waals surface area contributed by atoms with E-state index in [2.05, 4.69) is 5.32 Å². The maximum Gasteiger partial charge on any atom is 0.0915 e.